The first-order valence-corrected chi connectivity index (χ1v) is 8.65. The van der Waals surface area contributed by atoms with Crippen molar-refractivity contribution in [3.63, 3.8) is 0 Å². The number of hydrogen-bond acceptors (Lipinski definition) is 5. The molecule has 0 radical (unpaired) electrons. The number of carbonyl (C=O) groups excluding carboxylic acids is 1. The summed E-state index contributed by atoms with van der Waals surface area (Å²) in [5.41, 5.74) is 2.10. The van der Waals surface area contributed by atoms with Crippen molar-refractivity contribution in [3.05, 3.63) is 59.1 Å². The van der Waals surface area contributed by atoms with E-state index in [1.54, 1.807) is 13.1 Å². The number of hydrogen-bond donors (Lipinski definition) is 0. The van der Waals surface area contributed by atoms with Gasteiger partial charge in [-0.1, -0.05) is 35.6 Å². The van der Waals surface area contributed by atoms with Crippen molar-refractivity contribution >= 4 is 43.7 Å². The summed E-state index contributed by atoms with van der Waals surface area (Å²) in [6, 6.07) is 15.0. The maximum Gasteiger partial charge on any atom is 0.419 e. The standard InChI is InChI=1S/C18H15N3O3S/c1-20(17-19-12-6-2-5-9-15(12)25-17)16(22)10-11-21-13-7-3-4-8-14(13)24-18(21)23/h2-9H,10-11H2,1H3. The fourth-order valence-corrected chi connectivity index (χ4v) is 3.66. The Morgan fingerprint density at radius 2 is 1.96 bits per heavy atom. The zero-order chi connectivity index (χ0) is 17.4. The first kappa shape index (κ1) is 15.6. The lowest BCUT2D eigenvalue weighted by molar-refractivity contribution is -0.118. The summed E-state index contributed by atoms with van der Waals surface area (Å²) in [6.07, 6.45) is 0.190. The minimum atomic E-state index is -0.448. The summed E-state index contributed by atoms with van der Waals surface area (Å²) >= 11 is 1.47. The molecule has 2 aromatic heterocycles. The second-order valence-corrected chi connectivity index (χ2v) is 6.66. The van der Waals surface area contributed by atoms with Crippen LogP contribution in [0.2, 0.25) is 0 Å². The summed E-state index contributed by atoms with van der Waals surface area (Å²) < 4.78 is 7.71. The molecule has 7 heteroatoms. The molecule has 0 spiro atoms. The molecule has 6 nitrogen and oxygen atoms in total. The van der Waals surface area contributed by atoms with Crippen molar-refractivity contribution in [1.82, 2.24) is 9.55 Å². The van der Waals surface area contributed by atoms with Crippen LogP contribution in [0.25, 0.3) is 21.3 Å². The van der Waals surface area contributed by atoms with Gasteiger partial charge in [-0.3, -0.25) is 14.3 Å². The minimum absolute atomic E-state index is 0.101. The second kappa shape index (κ2) is 6.18. The van der Waals surface area contributed by atoms with Crippen molar-refractivity contribution in [3.8, 4) is 0 Å². The van der Waals surface area contributed by atoms with E-state index < -0.39 is 5.76 Å². The number of anilines is 1. The Morgan fingerprint density at radius 3 is 2.80 bits per heavy atom. The first-order chi connectivity index (χ1) is 12.1. The van der Waals surface area contributed by atoms with Gasteiger partial charge in [0, 0.05) is 20.0 Å². The van der Waals surface area contributed by atoms with Gasteiger partial charge in [-0.25, -0.2) is 9.78 Å². The fourth-order valence-electron chi connectivity index (χ4n) is 2.71. The zero-order valence-corrected chi connectivity index (χ0v) is 14.3. The number of nitrogens with zero attached hydrogens (tertiary/aromatic N) is 3. The maximum absolute atomic E-state index is 12.5. The van der Waals surface area contributed by atoms with Crippen molar-refractivity contribution in [1.29, 1.82) is 0 Å². The van der Waals surface area contributed by atoms with Crippen molar-refractivity contribution in [2.45, 2.75) is 13.0 Å². The molecular formula is C18H15N3O3S. The van der Waals surface area contributed by atoms with E-state index in [9.17, 15) is 9.59 Å². The Bertz CT molecular complexity index is 1090. The van der Waals surface area contributed by atoms with Gasteiger partial charge in [0.05, 0.1) is 15.7 Å². The highest BCUT2D eigenvalue weighted by Crippen LogP contribution is 2.28. The quantitative estimate of drug-likeness (QED) is 0.565. The third-order valence-electron chi connectivity index (χ3n) is 4.07. The number of aryl methyl sites for hydroxylation is 1. The zero-order valence-electron chi connectivity index (χ0n) is 13.5. The molecule has 0 N–H and O–H groups in total. The van der Waals surface area contributed by atoms with Gasteiger partial charge in [-0.05, 0) is 24.3 Å². The summed E-state index contributed by atoms with van der Waals surface area (Å²) in [5, 5.41) is 0.649. The number of para-hydroxylation sites is 3. The molecule has 0 unspecified atom stereocenters. The molecule has 4 aromatic rings. The highest BCUT2D eigenvalue weighted by atomic mass is 32.1. The number of benzene rings is 2. The minimum Gasteiger partial charge on any atom is -0.408 e. The van der Waals surface area contributed by atoms with E-state index >= 15 is 0 Å². The molecule has 0 fully saturated rings. The van der Waals surface area contributed by atoms with Crippen LogP contribution in [0, 0.1) is 0 Å². The van der Waals surface area contributed by atoms with E-state index in [1.165, 1.54) is 20.8 Å². The molecule has 0 aliphatic rings. The van der Waals surface area contributed by atoms with E-state index in [4.69, 9.17) is 4.42 Å². The number of fused-ring (bicyclic) bond motifs is 2. The lowest BCUT2D eigenvalue weighted by Gasteiger charge is -2.13. The SMILES string of the molecule is CN(C(=O)CCn1c(=O)oc2ccccc21)c1nc2ccccc2s1. The summed E-state index contributed by atoms with van der Waals surface area (Å²) in [5.74, 6) is -0.548. The highest BCUT2D eigenvalue weighted by molar-refractivity contribution is 7.22. The highest BCUT2D eigenvalue weighted by Gasteiger charge is 2.17. The lowest BCUT2D eigenvalue weighted by Crippen LogP contribution is -2.28. The van der Waals surface area contributed by atoms with Gasteiger partial charge in [-0.2, -0.15) is 0 Å². The third-order valence-corrected chi connectivity index (χ3v) is 5.18. The van der Waals surface area contributed by atoms with Crippen LogP contribution in [-0.2, 0) is 11.3 Å². The Hall–Kier alpha value is -2.93. The van der Waals surface area contributed by atoms with E-state index in [0.29, 0.717) is 16.2 Å². The summed E-state index contributed by atoms with van der Waals surface area (Å²) in [6.45, 7) is 0.268. The molecule has 0 aliphatic heterocycles. The third kappa shape index (κ3) is 2.83. The van der Waals surface area contributed by atoms with Gasteiger partial charge in [-0.15, -0.1) is 0 Å². The molecule has 0 saturated carbocycles. The molecule has 126 valence electrons. The number of thiazole rings is 1. The summed E-state index contributed by atoms with van der Waals surface area (Å²) in [4.78, 5) is 30.5. The average molecular weight is 353 g/mol. The van der Waals surface area contributed by atoms with Gasteiger partial charge in [0.25, 0.3) is 0 Å². The van der Waals surface area contributed by atoms with Crippen LogP contribution in [-0.4, -0.2) is 22.5 Å². The van der Waals surface area contributed by atoms with Crippen molar-refractivity contribution < 1.29 is 9.21 Å². The number of carbonyl (C=O) groups is 1. The molecule has 4 rings (SSSR count). The van der Waals surface area contributed by atoms with Gasteiger partial charge >= 0.3 is 5.76 Å². The fraction of sp³-hybridized carbons (Fsp3) is 0.167. The molecule has 0 saturated heterocycles. The predicted molar refractivity (Wildman–Crippen MR) is 98.1 cm³/mol. The van der Waals surface area contributed by atoms with Crippen LogP contribution in [0.15, 0.2) is 57.7 Å². The Labute approximate surface area is 146 Å². The molecule has 2 heterocycles. The molecular weight excluding hydrogens is 338 g/mol. The van der Waals surface area contributed by atoms with Gasteiger partial charge < -0.3 is 4.42 Å². The normalized spacial score (nSPS) is 11.2. The smallest absolute Gasteiger partial charge is 0.408 e. The Morgan fingerprint density at radius 1 is 1.20 bits per heavy atom. The largest absolute Gasteiger partial charge is 0.419 e. The topological polar surface area (TPSA) is 68.3 Å². The number of aromatic nitrogens is 2. The van der Waals surface area contributed by atoms with E-state index in [2.05, 4.69) is 4.98 Å². The van der Waals surface area contributed by atoms with Crippen molar-refractivity contribution in [2.24, 2.45) is 0 Å². The number of oxazole rings is 1. The molecule has 1 amide bonds. The van der Waals surface area contributed by atoms with Crippen LogP contribution in [0.3, 0.4) is 0 Å². The summed E-state index contributed by atoms with van der Waals surface area (Å²) in [7, 11) is 1.70. The maximum atomic E-state index is 12.5. The van der Waals surface area contributed by atoms with Crippen LogP contribution in [0.5, 0.6) is 0 Å². The second-order valence-electron chi connectivity index (χ2n) is 5.65. The van der Waals surface area contributed by atoms with Gasteiger partial charge in [0.15, 0.2) is 10.7 Å². The monoisotopic (exact) mass is 353 g/mol. The molecule has 25 heavy (non-hydrogen) atoms. The molecule has 0 bridgehead atoms. The van der Waals surface area contributed by atoms with Crippen molar-refractivity contribution in [2.75, 3.05) is 11.9 Å². The van der Waals surface area contributed by atoms with Crippen LogP contribution in [0.4, 0.5) is 5.13 Å². The van der Waals surface area contributed by atoms with Crippen LogP contribution in [0.1, 0.15) is 6.42 Å². The number of rotatable bonds is 4. The van der Waals surface area contributed by atoms with E-state index in [0.717, 1.165) is 10.2 Å². The van der Waals surface area contributed by atoms with E-state index in [1.807, 2.05) is 42.5 Å². The first-order valence-electron chi connectivity index (χ1n) is 7.84. The average Bonchev–Trinajstić information content (AvgIpc) is 3.19. The van der Waals surface area contributed by atoms with E-state index in [-0.39, 0.29) is 18.9 Å². The predicted octanol–water partition coefficient (Wildman–Crippen LogP) is 3.26. The van der Waals surface area contributed by atoms with Crippen LogP contribution >= 0.6 is 11.3 Å². The molecule has 0 aliphatic carbocycles. The Balaban J connectivity index is 1.53. The Kier molecular flexibility index (Phi) is 3.85. The molecule has 2 aromatic carbocycles. The van der Waals surface area contributed by atoms with Gasteiger partial charge in [0.2, 0.25) is 5.91 Å². The van der Waals surface area contributed by atoms with Gasteiger partial charge in [0.1, 0.15) is 0 Å². The van der Waals surface area contributed by atoms with Crippen LogP contribution < -0.4 is 10.7 Å². The lowest BCUT2D eigenvalue weighted by atomic mass is 10.3. The molecule has 0 atom stereocenters. The number of amides is 1.